The SMILES string of the molecule is CCCCCCC1CCCN1C=O.CCCOC(=O)CNP(Cc1ccc2sc(C(N)=O)cc2c1)Oc1ccccc1.Cc1ccncc1C1CNC1. The number of aromatic nitrogens is 1. The number of primary amides is 1. The Morgan fingerprint density at radius 1 is 1.08 bits per heavy atom. The number of nitrogens with one attached hydrogen (secondary N) is 2. The van der Waals surface area contributed by atoms with E-state index in [4.69, 9.17) is 15.0 Å². The van der Waals surface area contributed by atoms with Crippen LogP contribution in [0.15, 0.2) is 73.1 Å². The van der Waals surface area contributed by atoms with Crippen LogP contribution in [0.2, 0.25) is 0 Å². The molecule has 0 aliphatic carbocycles. The van der Waals surface area contributed by atoms with E-state index in [0.29, 0.717) is 29.6 Å². The van der Waals surface area contributed by atoms with Gasteiger partial charge >= 0.3 is 5.97 Å². The first-order valence-corrected chi connectivity index (χ1v) is 21.1. The maximum atomic E-state index is 11.9. The molecule has 2 aliphatic heterocycles. The molecule has 12 heteroatoms. The van der Waals surface area contributed by atoms with Crippen molar-refractivity contribution in [2.24, 2.45) is 5.73 Å². The van der Waals surface area contributed by atoms with Crippen molar-refractivity contribution < 1.29 is 23.6 Å². The number of likely N-dealkylation sites (tertiary alicyclic amines) is 1. The maximum Gasteiger partial charge on any atom is 0.320 e. The third kappa shape index (κ3) is 14.1. The van der Waals surface area contributed by atoms with Gasteiger partial charge < -0.3 is 25.2 Å². The van der Waals surface area contributed by atoms with Gasteiger partial charge in [-0.25, -0.2) is 0 Å². The highest BCUT2D eigenvalue weighted by molar-refractivity contribution is 7.50. The predicted molar refractivity (Wildman–Crippen MR) is 216 cm³/mol. The lowest BCUT2D eigenvalue weighted by Gasteiger charge is -2.28. The summed E-state index contributed by atoms with van der Waals surface area (Å²) in [4.78, 5) is 40.6. The van der Waals surface area contributed by atoms with Gasteiger partial charge in [-0.3, -0.25) is 24.5 Å². The van der Waals surface area contributed by atoms with Crippen molar-refractivity contribution in [2.75, 3.05) is 32.8 Å². The van der Waals surface area contributed by atoms with E-state index >= 15 is 0 Å². The summed E-state index contributed by atoms with van der Waals surface area (Å²) in [6.07, 6.45) is 15.2. The fourth-order valence-electron chi connectivity index (χ4n) is 6.15. The van der Waals surface area contributed by atoms with Gasteiger partial charge in [0.15, 0.2) is 8.30 Å². The summed E-state index contributed by atoms with van der Waals surface area (Å²) >= 11 is 1.38. The second kappa shape index (κ2) is 23.0. The normalized spacial score (nSPS) is 15.7. The van der Waals surface area contributed by atoms with Crippen LogP contribution in [0.1, 0.15) is 97.5 Å². The maximum absolute atomic E-state index is 11.9. The van der Waals surface area contributed by atoms with Crippen LogP contribution in [0, 0.1) is 6.92 Å². The van der Waals surface area contributed by atoms with E-state index in [1.807, 2.05) is 78.8 Å². The summed E-state index contributed by atoms with van der Waals surface area (Å²) in [5.41, 5.74) is 9.21. The molecule has 0 spiro atoms. The zero-order valence-electron chi connectivity index (χ0n) is 31.4. The number of thiophene rings is 1. The van der Waals surface area contributed by atoms with Gasteiger partial charge in [-0.05, 0) is 91.1 Å². The van der Waals surface area contributed by atoms with E-state index in [0.717, 1.165) is 53.9 Å². The highest BCUT2D eigenvalue weighted by Crippen LogP contribution is 2.39. The summed E-state index contributed by atoms with van der Waals surface area (Å²) < 4.78 is 12.2. The monoisotopic (exact) mass is 761 g/mol. The lowest BCUT2D eigenvalue weighted by Crippen LogP contribution is -2.40. The van der Waals surface area contributed by atoms with E-state index < -0.39 is 14.2 Å². The van der Waals surface area contributed by atoms with Gasteiger partial charge in [0, 0.05) is 54.8 Å². The highest BCUT2D eigenvalue weighted by Gasteiger charge is 2.22. The molecular formula is C41H56N5O5PS. The fourth-order valence-corrected chi connectivity index (χ4v) is 8.50. The minimum Gasteiger partial charge on any atom is -0.465 e. The smallest absolute Gasteiger partial charge is 0.320 e. The number of hydrogen-bond donors (Lipinski definition) is 3. The Balaban J connectivity index is 0.000000213. The van der Waals surface area contributed by atoms with Crippen LogP contribution < -0.4 is 20.7 Å². The lowest BCUT2D eigenvalue weighted by molar-refractivity contribution is -0.142. The Morgan fingerprint density at radius 3 is 2.57 bits per heavy atom. The number of ether oxygens (including phenoxy) is 1. The molecule has 0 bridgehead atoms. The average molecular weight is 762 g/mol. The van der Waals surface area contributed by atoms with Crippen molar-refractivity contribution in [3.63, 3.8) is 0 Å². The third-order valence-corrected chi connectivity index (χ3v) is 12.0. The van der Waals surface area contributed by atoms with E-state index in [1.165, 1.54) is 67.4 Å². The predicted octanol–water partition coefficient (Wildman–Crippen LogP) is 8.09. The van der Waals surface area contributed by atoms with Crippen LogP contribution in [-0.4, -0.2) is 67.0 Å². The molecule has 2 atom stereocenters. The number of carbonyl (C=O) groups excluding carboxylic acids is 3. The number of unbranched alkanes of at least 4 members (excludes halogenated alkanes) is 3. The second-order valence-electron chi connectivity index (χ2n) is 13.4. The summed E-state index contributed by atoms with van der Waals surface area (Å²) in [6.45, 7) is 10.1. The number of nitrogens with zero attached hydrogens (tertiary/aromatic N) is 2. The highest BCUT2D eigenvalue weighted by atomic mass is 32.1. The standard InChI is InChI=1S/C21H23N2O4PS.C11H21NO.C9H12N2/c1-2-10-26-20(24)13-23-28(27-17-6-4-3-5-7-17)14-15-8-9-18-16(11-15)12-19(29-18)21(22)25;1-2-3-4-5-7-11-8-6-9-12(11)10-13;1-7-2-3-10-6-9(7)8-4-11-5-8/h3-9,11-12,23H,2,10,13-14H2,1H3,(H2,22,25);10-11H,2-9H2,1H3;2-3,6,8,11H,4-5H2,1H3. The van der Waals surface area contributed by atoms with Gasteiger partial charge in [0.1, 0.15) is 12.3 Å². The van der Waals surface area contributed by atoms with Gasteiger partial charge in [-0.1, -0.05) is 63.8 Å². The van der Waals surface area contributed by atoms with Crippen LogP contribution in [0.4, 0.5) is 0 Å². The Kier molecular flexibility index (Phi) is 18.2. The number of esters is 1. The number of amides is 2. The van der Waals surface area contributed by atoms with Crippen molar-refractivity contribution in [1.29, 1.82) is 0 Å². The number of nitrogens with two attached hydrogens (primary N) is 1. The first-order valence-electron chi connectivity index (χ1n) is 18.8. The molecule has 2 aromatic carbocycles. The third-order valence-electron chi connectivity index (χ3n) is 9.23. The largest absolute Gasteiger partial charge is 0.465 e. The topological polar surface area (TPSA) is 136 Å². The molecule has 286 valence electrons. The quantitative estimate of drug-likeness (QED) is 0.0426. The molecule has 2 unspecified atom stereocenters. The van der Waals surface area contributed by atoms with Crippen LogP contribution in [0.25, 0.3) is 10.1 Å². The van der Waals surface area contributed by atoms with Crippen molar-refractivity contribution in [3.05, 3.63) is 94.6 Å². The van der Waals surface area contributed by atoms with E-state index in [2.05, 4.69) is 35.3 Å². The van der Waals surface area contributed by atoms with Crippen LogP contribution in [0.3, 0.4) is 0 Å². The number of hydrogen-bond acceptors (Lipinski definition) is 9. The minimum atomic E-state index is -1.16. The Hall–Kier alpha value is -3.89. The first kappa shape index (κ1) is 41.9. The molecule has 6 rings (SSSR count). The van der Waals surface area contributed by atoms with E-state index in [1.54, 1.807) is 0 Å². The van der Waals surface area contributed by atoms with Crippen molar-refractivity contribution >= 4 is 48.0 Å². The van der Waals surface area contributed by atoms with Gasteiger partial charge in [0.25, 0.3) is 5.91 Å². The molecule has 4 heterocycles. The van der Waals surface area contributed by atoms with Gasteiger partial charge in [0.05, 0.1) is 11.5 Å². The van der Waals surface area contributed by atoms with Crippen LogP contribution >= 0.6 is 19.6 Å². The number of para-hydroxylation sites is 1. The van der Waals surface area contributed by atoms with Crippen molar-refractivity contribution in [1.82, 2.24) is 20.3 Å². The Morgan fingerprint density at radius 2 is 1.89 bits per heavy atom. The molecule has 2 aliphatic rings. The average Bonchev–Trinajstić information content (AvgIpc) is 3.80. The fraction of sp³-hybridized carbons (Fsp3) is 0.463. The van der Waals surface area contributed by atoms with Crippen molar-refractivity contribution in [2.45, 2.75) is 90.3 Å². The zero-order valence-corrected chi connectivity index (χ0v) is 33.1. The number of benzene rings is 2. The van der Waals surface area contributed by atoms with Crippen molar-refractivity contribution in [3.8, 4) is 5.75 Å². The number of aryl methyl sites for hydroxylation is 1. The minimum absolute atomic E-state index is 0.0883. The van der Waals surface area contributed by atoms with Gasteiger partial charge in [0.2, 0.25) is 6.41 Å². The zero-order chi connectivity index (χ0) is 37.8. The number of rotatable bonds is 17. The Bertz CT molecular complexity index is 1700. The molecule has 2 fully saturated rings. The molecule has 10 nitrogen and oxygen atoms in total. The molecule has 2 saturated heterocycles. The Labute approximate surface area is 320 Å². The second-order valence-corrected chi connectivity index (χ2v) is 16.1. The number of carbonyl (C=O) groups is 3. The molecule has 2 aromatic heterocycles. The molecule has 53 heavy (non-hydrogen) atoms. The summed E-state index contributed by atoms with van der Waals surface area (Å²) in [6, 6.07) is 20.0. The summed E-state index contributed by atoms with van der Waals surface area (Å²) in [7, 11) is -1.16. The van der Waals surface area contributed by atoms with Crippen LogP contribution in [-0.2, 0) is 20.5 Å². The van der Waals surface area contributed by atoms with Gasteiger partial charge in [-0.2, -0.15) is 0 Å². The molecule has 0 radical (unpaired) electrons. The molecular weight excluding hydrogens is 706 g/mol. The summed E-state index contributed by atoms with van der Waals surface area (Å²) in [5, 5.41) is 7.42. The van der Waals surface area contributed by atoms with Crippen LogP contribution in [0.5, 0.6) is 5.75 Å². The van der Waals surface area contributed by atoms with E-state index in [-0.39, 0.29) is 12.5 Å². The molecule has 4 aromatic rings. The molecule has 0 saturated carbocycles. The molecule has 2 amide bonds. The number of pyridine rings is 1. The van der Waals surface area contributed by atoms with E-state index in [9.17, 15) is 14.4 Å². The summed E-state index contributed by atoms with van der Waals surface area (Å²) in [5.74, 6) is 0.731. The first-order chi connectivity index (χ1) is 25.8. The number of fused-ring (bicyclic) bond motifs is 1. The lowest BCUT2D eigenvalue weighted by atomic mass is 9.92. The molecule has 4 N–H and O–H groups in total. The van der Waals surface area contributed by atoms with Gasteiger partial charge in [-0.15, -0.1) is 11.3 Å².